The lowest BCUT2D eigenvalue weighted by molar-refractivity contribution is -0.125. The molecule has 3 atom stereocenters. The average molecular weight is 258 g/mol. The molecule has 2 fully saturated rings. The van der Waals surface area contributed by atoms with E-state index in [2.05, 4.69) is 10.6 Å². The van der Waals surface area contributed by atoms with Crippen molar-refractivity contribution in [1.82, 2.24) is 10.6 Å². The molecule has 0 radical (unpaired) electrons. The van der Waals surface area contributed by atoms with Gasteiger partial charge in [0.25, 0.3) is 0 Å². The minimum absolute atomic E-state index is 0.137. The maximum absolute atomic E-state index is 12.4. The van der Waals surface area contributed by atoms with Gasteiger partial charge in [0.15, 0.2) is 11.8 Å². The summed E-state index contributed by atoms with van der Waals surface area (Å²) in [7, 11) is 0. The van der Waals surface area contributed by atoms with Gasteiger partial charge in [0.05, 0.1) is 0 Å². The van der Waals surface area contributed by atoms with Crippen molar-refractivity contribution in [3.63, 3.8) is 0 Å². The predicted octanol–water partition coefficient (Wildman–Crippen LogP) is 1.27. The van der Waals surface area contributed by atoms with Gasteiger partial charge in [-0.25, -0.2) is 0 Å². The topological polar surface area (TPSA) is 58.2 Å². The third kappa shape index (κ3) is 2.40. The number of hydrogen-bond donors (Lipinski definition) is 2. The number of carbonyl (C=O) groups is 2. The third-order valence-corrected chi connectivity index (χ3v) is 4.06. The highest BCUT2D eigenvalue weighted by Gasteiger charge is 2.39. The Labute approximate surface area is 112 Å². The summed E-state index contributed by atoms with van der Waals surface area (Å²) in [5.74, 6) is -0.320. The Morgan fingerprint density at radius 3 is 2.47 bits per heavy atom. The van der Waals surface area contributed by atoms with E-state index in [4.69, 9.17) is 0 Å². The number of piperazine rings is 1. The minimum Gasteiger partial charge on any atom is -0.350 e. The summed E-state index contributed by atoms with van der Waals surface area (Å²) >= 11 is 0. The highest BCUT2D eigenvalue weighted by Crippen LogP contribution is 2.22. The van der Waals surface area contributed by atoms with Crippen LogP contribution in [0.2, 0.25) is 0 Å². The van der Waals surface area contributed by atoms with Gasteiger partial charge in [-0.05, 0) is 12.8 Å². The van der Waals surface area contributed by atoms with E-state index in [0.29, 0.717) is 5.56 Å². The van der Waals surface area contributed by atoms with Crippen molar-refractivity contribution in [2.24, 2.45) is 0 Å². The normalized spacial score (nSPS) is 30.3. The molecule has 0 aromatic heterocycles. The van der Waals surface area contributed by atoms with E-state index in [-0.39, 0.29) is 23.8 Å². The molecule has 1 amide bonds. The summed E-state index contributed by atoms with van der Waals surface area (Å²) in [6.45, 7) is 0. The van der Waals surface area contributed by atoms with Gasteiger partial charge in [-0.15, -0.1) is 0 Å². The Hall–Kier alpha value is -1.68. The van der Waals surface area contributed by atoms with E-state index in [1.165, 1.54) is 0 Å². The second-order valence-corrected chi connectivity index (χ2v) is 5.34. The molecule has 1 aromatic rings. The fraction of sp³-hybridized carbons (Fsp3) is 0.467. The van der Waals surface area contributed by atoms with Gasteiger partial charge in [0, 0.05) is 17.6 Å². The van der Waals surface area contributed by atoms with Crippen molar-refractivity contribution >= 4 is 11.7 Å². The van der Waals surface area contributed by atoms with E-state index in [1.807, 2.05) is 18.2 Å². The van der Waals surface area contributed by atoms with Gasteiger partial charge in [0.1, 0.15) is 0 Å². The van der Waals surface area contributed by atoms with Crippen LogP contribution in [0.25, 0.3) is 0 Å². The molecule has 1 aliphatic heterocycles. The Bertz CT molecular complexity index is 486. The summed E-state index contributed by atoms with van der Waals surface area (Å²) in [5.41, 5.74) is 0.587. The van der Waals surface area contributed by atoms with Crippen LogP contribution >= 0.6 is 0 Å². The zero-order valence-electron chi connectivity index (χ0n) is 10.8. The van der Waals surface area contributed by atoms with Crippen molar-refractivity contribution in [2.75, 3.05) is 0 Å². The second-order valence-electron chi connectivity index (χ2n) is 5.34. The SMILES string of the molecule is O=C1NC2CCCCC2NC1C(=O)c1ccccc1. The Balaban J connectivity index is 1.77. The molecule has 2 N–H and O–H groups in total. The van der Waals surface area contributed by atoms with Crippen molar-refractivity contribution in [2.45, 2.75) is 43.8 Å². The molecule has 19 heavy (non-hydrogen) atoms. The van der Waals surface area contributed by atoms with Crippen LogP contribution in [0.3, 0.4) is 0 Å². The first-order chi connectivity index (χ1) is 9.25. The number of nitrogens with one attached hydrogen (secondary N) is 2. The van der Waals surface area contributed by atoms with Crippen molar-refractivity contribution < 1.29 is 9.59 Å². The number of benzene rings is 1. The number of amides is 1. The van der Waals surface area contributed by atoms with E-state index in [9.17, 15) is 9.59 Å². The monoisotopic (exact) mass is 258 g/mol. The van der Waals surface area contributed by atoms with E-state index >= 15 is 0 Å². The van der Waals surface area contributed by atoms with Crippen molar-refractivity contribution in [1.29, 1.82) is 0 Å². The third-order valence-electron chi connectivity index (χ3n) is 4.06. The highest BCUT2D eigenvalue weighted by atomic mass is 16.2. The maximum Gasteiger partial charge on any atom is 0.245 e. The number of rotatable bonds is 2. The highest BCUT2D eigenvalue weighted by molar-refractivity contribution is 6.13. The van der Waals surface area contributed by atoms with Gasteiger partial charge in [0.2, 0.25) is 5.91 Å². The van der Waals surface area contributed by atoms with Crippen LogP contribution < -0.4 is 10.6 Å². The Morgan fingerprint density at radius 2 is 1.74 bits per heavy atom. The lowest BCUT2D eigenvalue weighted by Gasteiger charge is -2.40. The summed E-state index contributed by atoms with van der Waals surface area (Å²) < 4.78 is 0. The average Bonchev–Trinajstić information content (AvgIpc) is 2.47. The quantitative estimate of drug-likeness (QED) is 0.620. The molecule has 1 saturated heterocycles. The van der Waals surface area contributed by atoms with Crippen LogP contribution in [0.15, 0.2) is 30.3 Å². The molecule has 0 bridgehead atoms. The standard InChI is InChI=1S/C15H18N2O2/c18-14(10-6-2-1-3-7-10)13-15(19)17-12-9-5-4-8-11(12)16-13/h1-3,6-7,11-13,16H,4-5,8-9H2,(H,17,19). The van der Waals surface area contributed by atoms with Crippen LogP contribution in [0, 0.1) is 0 Å². The molecule has 4 nitrogen and oxygen atoms in total. The smallest absolute Gasteiger partial charge is 0.245 e. The van der Waals surface area contributed by atoms with Crippen molar-refractivity contribution in [3.8, 4) is 0 Å². The molecule has 1 aromatic carbocycles. The fourth-order valence-electron chi connectivity index (χ4n) is 3.02. The van der Waals surface area contributed by atoms with Gasteiger partial charge in [-0.2, -0.15) is 0 Å². The lowest BCUT2D eigenvalue weighted by Crippen LogP contribution is -2.66. The lowest BCUT2D eigenvalue weighted by atomic mass is 9.86. The number of Topliss-reactive ketones (excluding diaryl/α,β-unsaturated/α-hetero) is 1. The first kappa shape index (κ1) is 12.4. The van der Waals surface area contributed by atoms with E-state index in [0.717, 1.165) is 25.7 Å². The first-order valence-corrected chi connectivity index (χ1v) is 6.91. The minimum atomic E-state index is -0.734. The molecule has 2 aliphatic rings. The van der Waals surface area contributed by atoms with Gasteiger partial charge >= 0.3 is 0 Å². The molecule has 4 heteroatoms. The second kappa shape index (κ2) is 5.13. The molecule has 1 aliphatic carbocycles. The predicted molar refractivity (Wildman–Crippen MR) is 71.9 cm³/mol. The largest absolute Gasteiger partial charge is 0.350 e. The van der Waals surface area contributed by atoms with Gasteiger partial charge < -0.3 is 5.32 Å². The zero-order chi connectivity index (χ0) is 13.2. The number of carbonyl (C=O) groups excluding carboxylic acids is 2. The molecule has 100 valence electrons. The number of ketones is 1. The molecule has 0 spiro atoms. The number of fused-ring (bicyclic) bond motifs is 1. The Kier molecular flexibility index (Phi) is 3.34. The van der Waals surface area contributed by atoms with Crippen LogP contribution in [-0.4, -0.2) is 29.8 Å². The number of hydrogen-bond acceptors (Lipinski definition) is 3. The van der Waals surface area contributed by atoms with Crippen LogP contribution in [0.5, 0.6) is 0 Å². The first-order valence-electron chi connectivity index (χ1n) is 6.91. The molecule has 3 unspecified atom stereocenters. The van der Waals surface area contributed by atoms with Gasteiger partial charge in [-0.1, -0.05) is 43.2 Å². The summed E-state index contributed by atoms with van der Waals surface area (Å²) in [6, 6.07) is 8.71. The summed E-state index contributed by atoms with van der Waals surface area (Å²) in [4.78, 5) is 24.4. The fourth-order valence-corrected chi connectivity index (χ4v) is 3.02. The summed E-state index contributed by atoms with van der Waals surface area (Å²) in [5, 5.41) is 6.24. The van der Waals surface area contributed by atoms with Crippen LogP contribution in [-0.2, 0) is 4.79 Å². The zero-order valence-corrected chi connectivity index (χ0v) is 10.8. The molecule has 1 heterocycles. The maximum atomic E-state index is 12.4. The van der Waals surface area contributed by atoms with Crippen LogP contribution in [0.1, 0.15) is 36.0 Å². The van der Waals surface area contributed by atoms with Crippen LogP contribution in [0.4, 0.5) is 0 Å². The molecular formula is C15H18N2O2. The summed E-state index contributed by atoms with van der Waals surface area (Å²) in [6.07, 6.45) is 4.36. The van der Waals surface area contributed by atoms with E-state index in [1.54, 1.807) is 12.1 Å². The molecule has 1 saturated carbocycles. The van der Waals surface area contributed by atoms with Crippen molar-refractivity contribution in [3.05, 3.63) is 35.9 Å². The van der Waals surface area contributed by atoms with E-state index < -0.39 is 6.04 Å². The van der Waals surface area contributed by atoms with Gasteiger partial charge in [-0.3, -0.25) is 14.9 Å². The Morgan fingerprint density at radius 1 is 1.05 bits per heavy atom. The molecule has 3 rings (SSSR count). The molecular weight excluding hydrogens is 240 g/mol.